The van der Waals surface area contributed by atoms with Gasteiger partial charge in [-0.2, -0.15) is 0 Å². The number of rotatable bonds is 2. The molecule has 2 rings (SSSR count). The fraction of sp³-hybridized carbons (Fsp3) is 0.500. The molecule has 1 aliphatic rings. The maximum atomic E-state index is 3.51. The highest BCUT2D eigenvalue weighted by Gasteiger charge is 2.13. The van der Waals surface area contributed by atoms with E-state index in [1.807, 2.05) is 0 Å². The molecule has 2 N–H and O–H groups in total. The predicted molar refractivity (Wildman–Crippen MR) is 66.7 cm³/mol. The van der Waals surface area contributed by atoms with Gasteiger partial charge in [0.1, 0.15) is 0 Å². The van der Waals surface area contributed by atoms with Crippen molar-refractivity contribution in [1.29, 1.82) is 0 Å². The minimum absolute atomic E-state index is 0. The van der Waals surface area contributed by atoms with Crippen LogP contribution in [-0.4, -0.2) is 19.6 Å². The Morgan fingerprint density at radius 3 is 2.47 bits per heavy atom. The molecule has 0 radical (unpaired) electrons. The quantitative estimate of drug-likeness (QED) is 0.805. The lowest BCUT2D eigenvalue weighted by Gasteiger charge is -2.24. The van der Waals surface area contributed by atoms with Gasteiger partial charge in [0.25, 0.3) is 0 Å². The SMILES string of the molecule is CCc1ccc([C@@H]2CNCCN2)cc1.Cl. The van der Waals surface area contributed by atoms with E-state index in [9.17, 15) is 0 Å². The van der Waals surface area contributed by atoms with Crippen molar-refractivity contribution in [1.82, 2.24) is 10.6 Å². The number of nitrogens with one attached hydrogen (secondary N) is 2. The Balaban J connectivity index is 0.00000112. The van der Waals surface area contributed by atoms with Gasteiger partial charge in [-0.05, 0) is 17.5 Å². The van der Waals surface area contributed by atoms with E-state index in [-0.39, 0.29) is 12.4 Å². The number of hydrogen-bond donors (Lipinski definition) is 2. The number of aryl methyl sites for hydroxylation is 1. The molecular formula is C12H19ClN2. The van der Waals surface area contributed by atoms with Crippen LogP contribution in [0.25, 0.3) is 0 Å². The Morgan fingerprint density at radius 1 is 1.20 bits per heavy atom. The third kappa shape index (κ3) is 3.20. The van der Waals surface area contributed by atoms with Crippen molar-refractivity contribution in [2.75, 3.05) is 19.6 Å². The highest BCUT2D eigenvalue weighted by atomic mass is 35.5. The van der Waals surface area contributed by atoms with E-state index in [4.69, 9.17) is 0 Å². The molecule has 0 unspecified atom stereocenters. The second-order valence-electron chi connectivity index (χ2n) is 3.81. The van der Waals surface area contributed by atoms with Gasteiger partial charge in [-0.1, -0.05) is 31.2 Å². The van der Waals surface area contributed by atoms with E-state index < -0.39 is 0 Å². The second-order valence-corrected chi connectivity index (χ2v) is 3.81. The Kier molecular flexibility index (Phi) is 5.09. The van der Waals surface area contributed by atoms with Crippen molar-refractivity contribution in [2.24, 2.45) is 0 Å². The smallest absolute Gasteiger partial charge is 0.0447 e. The van der Waals surface area contributed by atoms with Gasteiger partial charge in [-0.3, -0.25) is 0 Å². The molecule has 3 heteroatoms. The lowest BCUT2D eigenvalue weighted by Crippen LogP contribution is -2.42. The van der Waals surface area contributed by atoms with Gasteiger partial charge >= 0.3 is 0 Å². The molecule has 2 nitrogen and oxygen atoms in total. The van der Waals surface area contributed by atoms with E-state index >= 15 is 0 Å². The molecule has 84 valence electrons. The summed E-state index contributed by atoms with van der Waals surface area (Å²) in [6.07, 6.45) is 1.12. The number of benzene rings is 1. The summed E-state index contributed by atoms with van der Waals surface area (Å²) in [5.74, 6) is 0. The maximum Gasteiger partial charge on any atom is 0.0447 e. The maximum absolute atomic E-state index is 3.51. The Morgan fingerprint density at radius 2 is 1.93 bits per heavy atom. The summed E-state index contributed by atoms with van der Waals surface area (Å²) in [5, 5.41) is 6.91. The summed E-state index contributed by atoms with van der Waals surface area (Å²) >= 11 is 0. The van der Waals surface area contributed by atoms with Crippen LogP contribution in [0, 0.1) is 0 Å². The zero-order valence-corrected chi connectivity index (χ0v) is 9.94. The largest absolute Gasteiger partial charge is 0.314 e. The molecule has 0 saturated carbocycles. The van der Waals surface area contributed by atoms with Crippen molar-refractivity contribution in [3.8, 4) is 0 Å². The minimum Gasteiger partial charge on any atom is -0.314 e. The molecule has 1 fully saturated rings. The molecular weight excluding hydrogens is 208 g/mol. The number of hydrogen-bond acceptors (Lipinski definition) is 2. The first-order chi connectivity index (χ1) is 6.90. The molecule has 15 heavy (non-hydrogen) atoms. The number of halogens is 1. The summed E-state index contributed by atoms with van der Waals surface area (Å²) in [7, 11) is 0. The molecule has 1 saturated heterocycles. The van der Waals surface area contributed by atoms with Gasteiger partial charge in [0.05, 0.1) is 0 Å². The van der Waals surface area contributed by atoms with Crippen molar-refractivity contribution in [3.05, 3.63) is 35.4 Å². The average molecular weight is 227 g/mol. The lowest BCUT2D eigenvalue weighted by molar-refractivity contribution is 0.430. The van der Waals surface area contributed by atoms with E-state index in [1.165, 1.54) is 11.1 Å². The summed E-state index contributed by atoms with van der Waals surface area (Å²) in [6, 6.07) is 9.43. The minimum atomic E-state index is 0. The van der Waals surface area contributed by atoms with Crippen LogP contribution in [0.4, 0.5) is 0 Å². The first kappa shape index (κ1) is 12.5. The fourth-order valence-electron chi connectivity index (χ4n) is 1.87. The zero-order chi connectivity index (χ0) is 9.80. The molecule has 0 bridgehead atoms. The second kappa shape index (κ2) is 6.11. The molecule has 0 aromatic heterocycles. The monoisotopic (exact) mass is 226 g/mol. The van der Waals surface area contributed by atoms with Crippen LogP contribution in [0.1, 0.15) is 24.1 Å². The topological polar surface area (TPSA) is 24.1 Å². The van der Waals surface area contributed by atoms with Crippen LogP contribution in [0.5, 0.6) is 0 Å². The van der Waals surface area contributed by atoms with E-state index in [2.05, 4.69) is 41.8 Å². The predicted octanol–water partition coefficient (Wildman–Crippen LogP) is 1.90. The van der Waals surface area contributed by atoms with Gasteiger partial charge in [-0.25, -0.2) is 0 Å². The van der Waals surface area contributed by atoms with E-state index in [0.717, 1.165) is 26.1 Å². The highest BCUT2D eigenvalue weighted by molar-refractivity contribution is 5.85. The Bertz CT molecular complexity index is 278. The van der Waals surface area contributed by atoms with Crippen molar-refractivity contribution in [2.45, 2.75) is 19.4 Å². The molecule has 0 amide bonds. The zero-order valence-electron chi connectivity index (χ0n) is 9.12. The van der Waals surface area contributed by atoms with E-state index in [0.29, 0.717) is 6.04 Å². The fourth-order valence-corrected chi connectivity index (χ4v) is 1.87. The van der Waals surface area contributed by atoms with Gasteiger partial charge in [0, 0.05) is 25.7 Å². The molecule has 1 aliphatic heterocycles. The molecule has 0 spiro atoms. The summed E-state index contributed by atoms with van der Waals surface area (Å²) in [5.41, 5.74) is 2.81. The molecule has 0 aliphatic carbocycles. The molecule has 1 heterocycles. The third-order valence-electron chi connectivity index (χ3n) is 2.83. The normalized spacial score (nSPS) is 20.7. The van der Waals surface area contributed by atoms with Crippen LogP contribution in [0.3, 0.4) is 0 Å². The Labute approximate surface area is 97.9 Å². The summed E-state index contributed by atoms with van der Waals surface area (Å²) in [6.45, 7) is 5.39. The van der Waals surface area contributed by atoms with Crippen molar-refractivity contribution >= 4 is 12.4 Å². The van der Waals surface area contributed by atoms with Crippen molar-refractivity contribution < 1.29 is 0 Å². The van der Waals surface area contributed by atoms with Crippen LogP contribution in [0.2, 0.25) is 0 Å². The molecule has 1 atom stereocenters. The van der Waals surface area contributed by atoms with Crippen molar-refractivity contribution in [3.63, 3.8) is 0 Å². The van der Waals surface area contributed by atoms with Crippen LogP contribution in [0.15, 0.2) is 24.3 Å². The summed E-state index contributed by atoms with van der Waals surface area (Å²) < 4.78 is 0. The first-order valence-electron chi connectivity index (χ1n) is 5.43. The van der Waals surface area contributed by atoms with Gasteiger partial charge in [-0.15, -0.1) is 12.4 Å². The standard InChI is InChI=1S/C12H18N2.ClH/c1-2-10-3-5-11(6-4-10)12-9-13-7-8-14-12;/h3-6,12-14H,2,7-9H2,1H3;1H/t12-;/m0./s1. The lowest BCUT2D eigenvalue weighted by atomic mass is 10.0. The molecule has 1 aromatic rings. The third-order valence-corrected chi connectivity index (χ3v) is 2.83. The van der Waals surface area contributed by atoms with Crippen LogP contribution >= 0.6 is 12.4 Å². The molecule has 1 aromatic carbocycles. The summed E-state index contributed by atoms with van der Waals surface area (Å²) in [4.78, 5) is 0. The van der Waals surface area contributed by atoms with Gasteiger partial charge in [0.15, 0.2) is 0 Å². The first-order valence-corrected chi connectivity index (χ1v) is 5.43. The van der Waals surface area contributed by atoms with Crippen LogP contribution in [-0.2, 0) is 6.42 Å². The average Bonchev–Trinajstić information content (AvgIpc) is 2.30. The van der Waals surface area contributed by atoms with Crippen LogP contribution < -0.4 is 10.6 Å². The number of piperazine rings is 1. The van der Waals surface area contributed by atoms with Gasteiger partial charge < -0.3 is 10.6 Å². The van der Waals surface area contributed by atoms with E-state index in [1.54, 1.807) is 0 Å². The Hall–Kier alpha value is -0.570. The van der Waals surface area contributed by atoms with Gasteiger partial charge in [0.2, 0.25) is 0 Å². The highest BCUT2D eigenvalue weighted by Crippen LogP contribution is 2.14.